The van der Waals surface area contributed by atoms with Gasteiger partial charge in [0.2, 0.25) is 0 Å². The first-order valence-corrected chi connectivity index (χ1v) is 9.23. The number of nitrogens with one attached hydrogen (secondary N) is 1. The molecule has 2 aromatic carbocycles. The van der Waals surface area contributed by atoms with Gasteiger partial charge in [-0.25, -0.2) is 0 Å². The molecule has 0 atom stereocenters. The Morgan fingerprint density at radius 1 is 1.18 bits per heavy atom. The van der Waals surface area contributed by atoms with E-state index in [0.717, 1.165) is 47.4 Å². The van der Waals surface area contributed by atoms with Crippen LogP contribution in [0.4, 0.5) is 5.69 Å². The lowest BCUT2D eigenvalue weighted by molar-refractivity contribution is 0.415. The molecule has 0 saturated carbocycles. The minimum absolute atomic E-state index is 0.529. The summed E-state index contributed by atoms with van der Waals surface area (Å²) in [6.45, 7) is 3.62. The SMILES string of the molecule is COc1ccc2ncc(C#N)c(NCCCn3ncc4c(C)cccc43)c2c1. The third-order valence-corrected chi connectivity index (χ3v) is 4.95. The Bertz CT molecular complexity index is 1190. The fourth-order valence-electron chi connectivity index (χ4n) is 3.44. The first-order valence-electron chi connectivity index (χ1n) is 9.23. The van der Waals surface area contributed by atoms with E-state index in [0.29, 0.717) is 5.56 Å². The maximum atomic E-state index is 9.48. The molecule has 0 aliphatic carbocycles. The Kier molecular flexibility index (Phi) is 4.81. The topological polar surface area (TPSA) is 75.8 Å². The number of pyridine rings is 1. The highest BCUT2D eigenvalue weighted by Gasteiger charge is 2.10. The lowest BCUT2D eigenvalue weighted by Gasteiger charge is -2.12. The predicted molar refractivity (Wildman–Crippen MR) is 111 cm³/mol. The molecule has 2 aromatic heterocycles. The van der Waals surface area contributed by atoms with Gasteiger partial charge < -0.3 is 10.1 Å². The number of rotatable bonds is 6. The standard InChI is InChI=1S/C22H21N5O/c1-15-5-3-6-21-19(15)14-26-27(21)10-4-9-24-22-16(12-23)13-25-20-8-7-17(28-2)11-18(20)22/h3,5-8,11,13-14H,4,9-10H2,1-2H3,(H,24,25). The molecular weight excluding hydrogens is 350 g/mol. The van der Waals surface area contributed by atoms with Gasteiger partial charge in [-0.3, -0.25) is 9.67 Å². The van der Waals surface area contributed by atoms with Gasteiger partial charge in [-0.2, -0.15) is 10.4 Å². The van der Waals surface area contributed by atoms with Crippen molar-refractivity contribution < 1.29 is 4.74 Å². The lowest BCUT2D eigenvalue weighted by atomic mass is 10.1. The summed E-state index contributed by atoms with van der Waals surface area (Å²) < 4.78 is 7.36. The molecule has 0 bridgehead atoms. The number of benzene rings is 2. The summed E-state index contributed by atoms with van der Waals surface area (Å²) in [5.41, 5.74) is 4.54. The van der Waals surface area contributed by atoms with Crippen molar-refractivity contribution in [3.05, 3.63) is 59.9 Å². The minimum atomic E-state index is 0.529. The third-order valence-electron chi connectivity index (χ3n) is 4.95. The first-order chi connectivity index (χ1) is 13.7. The van der Waals surface area contributed by atoms with Crippen LogP contribution in [0.15, 0.2) is 48.8 Å². The number of anilines is 1. The minimum Gasteiger partial charge on any atom is -0.497 e. The maximum absolute atomic E-state index is 9.48. The molecule has 0 radical (unpaired) electrons. The van der Waals surface area contributed by atoms with Gasteiger partial charge in [-0.1, -0.05) is 12.1 Å². The Labute approximate surface area is 163 Å². The van der Waals surface area contributed by atoms with E-state index in [4.69, 9.17) is 4.74 Å². The number of ether oxygens (including phenoxy) is 1. The van der Waals surface area contributed by atoms with Crippen LogP contribution >= 0.6 is 0 Å². The molecule has 0 aliphatic rings. The van der Waals surface area contributed by atoms with Crippen molar-refractivity contribution in [3.63, 3.8) is 0 Å². The van der Waals surface area contributed by atoms with E-state index in [-0.39, 0.29) is 0 Å². The highest BCUT2D eigenvalue weighted by atomic mass is 16.5. The normalized spacial score (nSPS) is 10.9. The molecule has 140 valence electrons. The number of nitriles is 1. The molecular formula is C22H21N5O. The van der Waals surface area contributed by atoms with Gasteiger partial charge in [0.1, 0.15) is 11.8 Å². The molecule has 0 aliphatic heterocycles. The van der Waals surface area contributed by atoms with Crippen molar-refractivity contribution in [2.75, 3.05) is 19.0 Å². The van der Waals surface area contributed by atoms with Crippen molar-refractivity contribution in [1.29, 1.82) is 5.26 Å². The maximum Gasteiger partial charge on any atom is 0.119 e. The van der Waals surface area contributed by atoms with Crippen LogP contribution in [0.2, 0.25) is 0 Å². The molecule has 28 heavy (non-hydrogen) atoms. The molecule has 0 amide bonds. The molecule has 0 saturated heterocycles. The van der Waals surface area contributed by atoms with Crippen LogP contribution in [0, 0.1) is 18.3 Å². The van der Waals surface area contributed by atoms with Gasteiger partial charge in [-0.15, -0.1) is 0 Å². The van der Waals surface area contributed by atoms with E-state index >= 15 is 0 Å². The largest absolute Gasteiger partial charge is 0.497 e. The van der Waals surface area contributed by atoms with E-state index in [1.807, 2.05) is 29.1 Å². The van der Waals surface area contributed by atoms with E-state index in [1.165, 1.54) is 10.9 Å². The van der Waals surface area contributed by atoms with Gasteiger partial charge in [0.05, 0.1) is 35.6 Å². The van der Waals surface area contributed by atoms with Gasteiger partial charge >= 0.3 is 0 Å². The molecule has 0 spiro atoms. The zero-order chi connectivity index (χ0) is 19.5. The molecule has 4 aromatic rings. The zero-order valence-corrected chi connectivity index (χ0v) is 15.9. The van der Waals surface area contributed by atoms with Gasteiger partial charge in [-0.05, 0) is 43.2 Å². The second-order valence-electron chi connectivity index (χ2n) is 6.70. The van der Waals surface area contributed by atoms with E-state index in [2.05, 4.69) is 46.6 Å². The number of hydrogen-bond donors (Lipinski definition) is 1. The smallest absolute Gasteiger partial charge is 0.119 e. The molecule has 6 nitrogen and oxygen atoms in total. The van der Waals surface area contributed by atoms with Crippen molar-refractivity contribution in [2.24, 2.45) is 0 Å². The summed E-state index contributed by atoms with van der Waals surface area (Å²) in [6, 6.07) is 14.2. The monoisotopic (exact) mass is 371 g/mol. The predicted octanol–water partition coefficient (Wildman–Crippen LogP) is 4.28. The Morgan fingerprint density at radius 3 is 2.89 bits per heavy atom. The van der Waals surface area contributed by atoms with Crippen LogP contribution in [-0.2, 0) is 6.54 Å². The van der Waals surface area contributed by atoms with Crippen LogP contribution < -0.4 is 10.1 Å². The molecule has 6 heteroatoms. The summed E-state index contributed by atoms with van der Waals surface area (Å²) in [5, 5.41) is 19.5. The lowest BCUT2D eigenvalue weighted by Crippen LogP contribution is -2.09. The average Bonchev–Trinajstić information content (AvgIpc) is 3.15. The number of fused-ring (bicyclic) bond motifs is 2. The number of aromatic nitrogens is 3. The molecule has 2 heterocycles. The number of aryl methyl sites for hydroxylation is 2. The van der Waals surface area contributed by atoms with Crippen molar-refractivity contribution in [3.8, 4) is 11.8 Å². The van der Waals surface area contributed by atoms with Crippen LogP contribution in [0.3, 0.4) is 0 Å². The average molecular weight is 371 g/mol. The summed E-state index contributed by atoms with van der Waals surface area (Å²) in [6.07, 6.45) is 4.42. The Hall–Kier alpha value is -3.59. The summed E-state index contributed by atoms with van der Waals surface area (Å²) in [4.78, 5) is 4.37. The molecule has 0 unspecified atom stereocenters. The Balaban J connectivity index is 1.52. The fourth-order valence-corrected chi connectivity index (χ4v) is 3.44. The molecule has 0 fully saturated rings. The second-order valence-corrected chi connectivity index (χ2v) is 6.70. The van der Waals surface area contributed by atoms with Crippen LogP contribution in [0.1, 0.15) is 17.5 Å². The summed E-state index contributed by atoms with van der Waals surface area (Å²) in [7, 11) is 1.63. The number of methoxy groups -OCH3 is 1. The van der Waals surface area contributed by atoms with Crippen LogP contribution in [0.25, 0.3) is 21.8 Å². The van der Waals surface area contributed by atoms with Crippen LogP contribution in [0.5, 0.6) is 5.75 Å². The fraction of sp³-hybridized carbons (Fsp3) is 0.227. The van der Waals surface area contributed by atoms with Gasteiger partial charge in [0.15, 0.2) is 0 Å². The zero-order valence-electron chi connectivity index (χ0n) is 15.9. The summed E-state index contributed by atoms with van der Waals surface area (Å²) >= 11 is 0. The van der Waals surface area contributed by atoms with E-state index < -0.39 is 0 Å². The Morgan fingerprint density at radius 2 is 2.07 bits per heavy atom. The van der Waals surface area contributed by atoms with Crippen molar-refractivity contribution in [1.82, 2.24) is 14.8 Å². The van der Waals surface area contributed by atoms with E-state index in [9.17, 15) is 5.26 Å². The second kappa shape index (κ2) is 7.57. The first kappa shape index (κ1) is 17.8. The van der Waals surface area contributed by atoms with Crippen molar-refractivity contribution in [2.45, 2.75) is 19.9 Å². The quantitative estimate of drug-likeness (QED) is 0.512. The van der Waals surface area contributed by atoms with Gasteiger partial charge in [0, 0.05) is 30.1 Å². The van der Waals surface area contributed by atoms with Crippen molar-refractivity contribution >= 4 is 27.5 Å². The molecule has 1 N–H and O–H groups in total. The highest BCUT2D eigenvalue weighted by molar-refractivity contribution is 5.94. The van der Waals surface area contributed by atoms with Gasteiger partial charge in [0.25, 0.3) is 0 Å². The van der Waals surface area contributed by atoms with Crippen LogP contribution in [-0.4, -0.2) is 28.4 Å². The highest BCUT2D eigenvalue weighted by Crippen LogP contribution is 2.29. The molecule has 4 rings (SSSR count). The number of nitrogens with zero attached hydrogens (tertiary/aromatic N) is 4. The number of hydrogen-bond acceptors (Lipinski definition) is 5. The third kappa shape index (κ3) is 3.23. The summed E-state index contributed by atoms with van der Waals surface area (Å²) in [5.74, 6) is 0.742. The van der Waals surface area contributed by atoms with E-state index in [1.54, 1.807) is 13.3 Å².